The maximum Gasteiger partial charge on any atom is 0.107 e. The summed E-state index contributed by atoms with van der Waals surface area (Å²) in [5.41, 5.74) is 0. The summed E-state index contributed by atoms with van der Waals surface area (Å²) in [5, 5.41) is 4.75. The van der Waals surface area contributed by atoms with Gasteiger partial charge in [0.1, 0.15) is 5.01 Å². The summed E-state index contributed by atoms with van der Waals surface area (Å²) in [6, 6.07) is 0. The normalized spacial score (nSPS) is 20.2. The maximum atomic E-state index is 4.41. The van der Waals surface area contributed by atoms with Crippen LogP contribution in [-0.4, -0.2) is 11.5 Å². The third-order valence-corrected chi connectivity index (χ3v) is 4.18. The van der Waals surface area contributed by atoms with Gasteiger partial charge in [-0.1, -0.05) is 19.1 Å². The molecular weight excluding hydrogens is 216 g/mol. The molecule has 1 N–H and O–H groups in total. The number of nitrogens with one attached hydrogen (secondary N) is 1. The Labute approximate surface area is 102 Å². The molecule has 0 spiro atoms. The monoisotopic (exact) mass is 236 g/mol. The van der Waals surface area contributed by atoms with E-state index in [4.69, 9.17) is 0 Å². The van der Waals surface area contributed by atoms with Crippen LogP contribution in [0.25, 0.3) is 0 Å². The summed E-state index contributed by atoms with van der Waals surface area (Å²) in [4.78, 5) is 5.80. The zero-order valence-corrected chi connectivity index (χ0v) is 10.7. The molecule has 1 aromatic heterocycles. The molecule has 0 aromatic carbocycles. The number of rotatable bonds is 5. The molecule has 1 aliphatic carbocycles. The lowest BCUT2D eigenvalue weighted by Crippen LogP contribution is -2.23. The van der Waals surface area contributed by atoms with Crippen LogP contribution in [0.3, 0.4) is 0 Å². The van der Waals surface area contributed by atoms with E-state index in [2.05, 4.69) is 29.4 Å². The zero-order valence-electron chi connectivity index (χ0n) is 9.91. The van der Waals surface area contributed by atoms with Crippen LogP contribution in [0, 0.1) is 5.92 Å². The minimum Gasteiger partial charge on any atom is -0.310 e. The highest BCUT2D eigenvalue weighted by Gasteiger charge is 2.09. The second kappa shape index (κ2) is 6.16. The van der Waals surface area contributed by atoms with Crippen LogP contribution in [0.2, 0.25) is 0 Å². The number of hydrogen-bond donors (Lipinski definition) is 1. The van der Waals surface area contributed by atoms with E-state index in [0.717, 1.165) is 25.4 Å². The lowest BCUT2D eigenvalue weighted by Gasteiger charge is -2.17. The maximum absolute atomic E-state index is 4.41. The first-order chi connectivity index (χ1) is 7.88. The molecule has 1 atom stereocenters. The van der Waals surface area contributed by atoms with Crippen molar-refractivity contribution in [3.05, 3.63) is 28.2 Å². The quantitative estimate of drug-likeness (QED) is 0.794. The topological polar surface area (TPSA) is 24.9 Å². The van der Waals surface area contributed by atoms with Crippen LogP contribution in [0.1, 0.15) is 36.1 Å². The van der Waals surface area contributed by atoms with Crippen LogP contribution >= 0.6 is 11.3 Å². The zero-order chi connectivity index (χ0) is 11.2. The van der Waals surface area contributed by atoms with Crippen molar-refractivity contribution in [2.75, 3.05) is 6.54 Å². The average molecular weight is 236 g/mol. The van der Waals surface area contributed by atoms with Crippen molar-refractivity contribution in [3.63, 3.8) is 0 Å². The van der Waals surface area contributed by atoms with Crippen molar-refractivity contribution in [2.45, 2.75) is 39.2 Å². The minimum atomic E-state index is 0.829. The molecule has 1 aromatic rings. The molecule has 16 heavy (non-hydrogen) atoms. The molecule has 0 bridgehead atoms. The fourth-order valence-corrected chi connectivity index (χ4v) is 2.85. The molecule has 0 aliphatic heterocycles. The fraction of sp³-hybridized carbons (Fsp3) is 0.615. The van der Waals surface area contributed by atoms with Gasteiger partial charge in [-0.05, 0) is 38.1 Å². The average Bonchev–Trinajstić information content (AvgIpc) is 2.78. The van der Waals surface area contributed by atoms with Crippen LogP contribution in [0.4, 0.5) is 0 Å². The predicted molar refractivity (Wildman–Crippen MR) is 69.7 cm³/mol. The van der Waals surface area contributed by atoms with E-state index in [1.54, 1.807) is 0 Å². The second-order valence-corrected chi connectivity index (χ2v) is 5.55. The van der Waals surface area contributed by atoms with E-state index >= 15 is 0 Å². The van der Waals surface area contributed by atoms with Gasteiger partial charge in [0.25, 0.3) is 0 Å². The van der Waals surface area contributed by atoms with Crippen LogP contribution in [0.15, 0.2) is 18.3 Å². The molecule has 0 amide bonds. The smallest absolute Gasteiger partial charge is 0.107 e. The van der Waals surface area contributed by atoms with Crippen molar-refractivity contribution in [3.8, 4) is 0 Å². The fourth-order valence-electron chi connectivity index (χ4n) is 2.02. The van der Waals surface area contributed by atoms with Gasteiger partial charge in [-0.25, -0.2) is 4.98 Å². The summed E-state index contributed by atoms with van der Waals surface area (Å²) in [5.74, 6) is 0.829. The molecule has 0 fully saturated rings. The van der Waals surface area contributed by atoms with Gasteiger partial charge in [-0.2, -0.15) is 0 Å². The molecule has 0 saturated carbocycles. The highest BCUT2D eigenvalue weighted by molar-refractivity contribution is 7.11. The Morgan fingerprint density at radius 3 is 3.12 bits per heavy atom. The Morgan fingerprint density at radius 2 is 2.44 bits per heavy atom. The molecule has 2 nitrogen and oxygen atoms in total. The first kappa shape index (κ1) is 11.8. The van der Waals surface area contributed by atoms with Gasteiger partial charge in [-0.3, -0.25) is 0 Å². The minimum absolute atomic E-state index is 0.829. The summed E-state index contributed by atoms with van der Waals surface area (Å²) >= 11 is 1.83. The van der Waals surface area contributed by atoms with Crippen molar-refractivity contribution < 1.29 is 0 Å². The van der Waals surface area contributed by atoms with Gasteiger partial charge in [-0.15, -0.1) is 11.3 Å². The largest absolute Gasteiger partial charge is 0.310 e. The van der Waals surface area contributed by atoms with Gasteiger partial charge in [0.05, 0.1) is 0 Å². The molecule has 3 heteroatoms. The van der Waals surface area contributed by atoms with Crippen molar-refractivity contribution >= 4 is 11.3 Å². The SMILES string of the molecule is CCc1cnc(CNCC2CC=CCC2)s1. The highest BCUT2D eigenvalue weighted by atomic mass is 32.1. The Morgan fingerprint density at radius 1 is 1.50 bits per heavy atom. The molecule has 88 valence electrons. The van der Waals surface area contributed by atoms with Crippen LogP contribution in [-0.2, 0) is 13.0 Å². The number of hydrogen-bond acceptors (Lipinski definition) is 3. The standard InChI is InChI=1S/C13H20N2S/c1-2-12-9-15-13(16-12)10-14-8-11-6-4-3-5-7-11/h3-4,9,11,14H,2,5-8,10H2,1H3. The van der Waals surface area contributed by atoms with Gasteiger partial charge >= 0.3 is 0 Å². The van der Waals surface area contributed by atoms with Crippen LogP contribution < -0.4 is 5.32 Å². The van der Waals surface area contributed by atoms with Gasteiger partial charge < -0.3 is 5.32 Å². The van der Waals surface area contributed by atoms with Crippen molar-refractivity contribution in [1.82, 2.24) is 10.3 Å². The third kappa shape index (κ3) is 3.42. The van der Waals surface area contributed by atoms with Gasteiger partial charge in [0.2, 0.25) is 0 Å². The lowest BCUT2D eigenvalue weighted by molar-refractivity contribution is 0.440. The molecule has 0 radical (unpaired) electrons. The first-order valence-corrected chi connectivity index (χ1v) is 6.99. The number of thiazole rings is 1. The number of aromatic nitrogens is 1. The Kier molecular flexibility index (Phi) is 4.55. The molecule has 1 aliphatic rings. The van der Waals surface area contributed by atoms with Crippen molar-refractivity contribution in [2.24, 2.45) is 5.92 Å². The number of nitrogens with zero attached hydrogens (tertiary/aromatic N) is 1. The second-order valence-electron chi connectivity index (χ2n) is 4.36. The predicted octanol–water partition coefficient (Wildman–Crippen LogP) is 3.15. The number of aryl methyl sites for hydroxylation is 1. The third-order valence-electron chi connectivity index (χ3n) is 3.04. The molecule has 1 heterocycles. The summed E-state index contributed by atoms with van der Waals surface area (Å²) < 4.78 is 0. The Hall–Kier alpha value is -0.670. The Bertz CT molecular complexity index is 343. The first-order valence-electron chi connectivity index (χ1n) is 6.17. The van der Waals surface area contributed by atoms with E-state index in [1.165, 1.54) is 29.1 Å². The van der Waals surface area contributed by atoms with Crippen molar-refractivity contribution in [1.29, 1.82) is 0 Å². The number of allylic oxidation sites excluding steroid dienone is 2. The van der Waals surface area contributed by atoms with Gasteiger partial charge in [0.15, 0.2) is 0 Å². The van der Waals surface area contributed by atoms with E-state index in [9.17, 15) is 0 Å². The van der Waals surface area contributed by atoms with Crippen LogP contribution in [0.5, 0.6) is 0 Å². The lowest BCUT2D eigenvalue weighted by atomic mass is 9.94. The van der Waals surface area contributed by atoms with E-state index < -0.39 is 0 Å². The molecule has 2 rings (SSSR count). The summed E-state index contributed by atoms with van der Waals surface area (Å²) in [6.45, 7) is 4.25. The van der Waals surface area contributed by atoms with E-state index in [1.807, 2.05) is 17.5 Å². The highest BCUT2D eigenvalue weighted by Crippen LogP contribution is 2.17. The molecule has 0 saturated heterocycles. The summed E-state index contributed by atoms with van der Waals surface area (Å²) in [6.07, 6.45) is 11.5. The summed E-state index contributed by atoms with van der Waals surface area (Å²) in [7, 11) is 0. The Balaban J connectivity index is 1.69. The van der Waals surface area contributed by atoms with E-state index in [0.29, 0.717) is 0 Å². The van der Waals surface area contributed by atoms with Gasteiger partial charge in [0, 0.05) is 17.6 Å². The van der Waals surface area contributed by atoms with E-state index in [-0.39, 0.29) is 0 Å². The molecular formula is C13H20N2S. The molecule has 1 unspecified atom stereocenters.